The molecule has 0 radical (unpaired) electrons. The number of benzene rings is 1. The average Bonchev–Trinajstić information content (AvgIpc) is 3.46. The summed E-state index contributed by atoms with van der Waals surface area (Å²) in [6.45, 7) is 3.58. The second-order valence-electron chi connectivity index (χ2n) is 7.30. The van der Waals surface area contributed by atoms with E-state index in [0.717, 1.165) is 51.7 Å². The summed E-state index contributed by atoms with van der Waals surface area (Å²) in [5.74, 6) is 2.89. The molecule has 1 aromatic rings. The van der Waals surface area contributed by atoms with Crippen LogP contribution in [0.5, 0.6) is 0 Å². The van der Waals surface area contributed by atoms with Crippen LogP contribution in [0.25, 0.3) is 0 Å². The van der Waals surface area contributed by atoms with E-state index in [1.165, 1.54) is 5.56 Å². The highest BCUT2D eigenvalue weighted by atomic mass is 16.1. The Labute approximate surface area is 156 Å². The minimum Gasteiger partial charge on any atom is -0.356 e. The lowest BCUT2D eigenvalue weighted by molar-refractivity contribution is -0.126. The van der Waals surface area contributed by atoms with Gasteiger partial charge in [-0.1, -0.05) is 30.3 Å². The third-order valence-corrected chi connectivity index (χ3v) is 5.31. The lowest BCUT2D eigenvalue weighted by Gasteiger charge is -2.32. The molecule has 1 amide bonds. The van der Waals surface area contributed by atoms with Crippen molar-refractivity contribution in [2.24, 2.45) is 16.1 Å². The third-order valence-electron chi connectivity index (χ3n) is 5.31. The summed E-state index contributed by atoms with van der Waals surface area (Å²) in [4.78, 5) is 14.9. The van der Waals surface area contributed by atoms with Crippen molar-refractivity contribution < 1.29 is 4.79 Å². The Morgan fingerprint density at radius 1 is 1.31 bits per heavy atom. The molecule has 1 fully saturated rings. The maximum Gasteiger partial charge on any atom is 0.224 e. The molecule has 1 aromatic carbocycles. The van der Waals surface area contributed by atoms with Gasteiger partial charge in [-0.25, -0.2) is 0 Å². The average molecular weight is 352 g/mol. The van der Waals surface area contributed by atoms with Crippen LogP contribution in [0.1, 0.15) is 37.7 Å². The van der Waals surface area contributed by atoms with E-state index in [1.807, 2.05) is 6.07 Å². The number of hydrogen-bond acceptors (Lipinski definition) is 4. The highest BCUT2D eigenvalue weighted by Gasteiger charge is 2.38. The van der Waals surface area contributed by atoms with Crippen LogP contribution in [0.2, 0.25) is 0 Å². The summed E-state index contributed by atoms with van der Waals surface area (Å²) in [5, 5.41) is 11.3. The van der Waals surface area contributed by atoms with Gasteiger partial charge in [-0.2, -0.15) is 10.2 Å². The molecule has 1 atom stereocenters. The van der Waals surface area contributed by atoms with Gasteiger partial charge in [0.2, 0.25) is 5.91 Å². The number of amides is 1. The van der Waals surface area contributed by atoms with Gasteiger partial charge in [0.25, 0.3) is 0 Å². The molecule has 5 nitrogen and oxygen atoms in total. The predicted octanol–water partition coefficient (Wildman–Crippen LogP) is 3.02. The first kappa shape index (κ1) is 18.6. The maximum absolute atomic E-state index is 12.5. The van der Waals surface area contributed by atoms with Gasteiger partial charge in [0.1, 0.15) is 0 Å². The van der Waals surface area contributed by atoms with Crippen LogP contribution < -0.4 is 5.32 Å². The summed E-state index contributed by atoms with van der Waals surface area (Å²) in [6, 6.07) is 10.5. The van der Waals surface area contributed by atoms with E-state index < -0.39 is 0 Å². The van der Waals surface area contributed by atoms with E-state index in [9.17, 15) is 4.79 Å². The minimum atomic E-state index is -0.312. The van der Waals surface area contributed by atoms with Gasteiger partial charge >= 0.3 is 0 Å². The van der Waals surface area contributed by atoms with Crippen LogP contribution in [0, 0.1) is 18.3 Å². The number of nitrogens with one attached hydrogen (secondary N) is 1. The summed E-state index contributed by atoms with van der Waals surface area (Å²) in [6.07, 6.45) is 10.6. The molecule has 26 heavy (non-hydrogen) atoms. The molecule has 2 heterocycles. The van der Waals surface area contributed by atoms with Crippen molar-refractivity contribution >= 4 is 5.91 Å². The molecule has 2 aliphatic rings. The van der Waals surface area contributed by atoms with E-state index in [-0.39, 0.29) is 17.5 Å². The van der Waals surface area contributed by atoms with Gasteiger partial charge in [0.05, 0.1) is 5.92 Å². The first-order valence-electron chi connectivity index (χ1n) is 9.62. The summed E-state index contributed by atoms with van der Waals surface area (Å²) < 4.78 is 0. The van der Waals surface area contributed by atoms with Gasteiger partial charge in [-0.15, -0.1) is 12.3 Å². The molecule has 0 saturated carbocycles. The van der Waals surface area contributed by atoms with E-state index in [4.69, 9.17) is 6.42 Å². The van der Waals surface area contributed by atoms with E-state index in [1.54, 1.807) is 0 Å². The van der Waals surface area contributed by atoms with Crippen molar-refractivity contribution in [3.05, 3.63) is 35.9 Å². The number of terminal acetylenes is 1. The second-order valence-corrected chi connectivity index (χ2v) is 7.30. The number of likely N-dealkylation sites (tertiary alicyclic amines) is 1. The fourth-order valence-corrected chi connectivity index (χ4v) is 3.60. The molecule has 5 heteroatoms. The van der Waals surface area contributed by atoms with Crippen LogP contribution in [-0.4, -0.2) is 42.6 Å². The molecule has 2 aliphatic heterocycles. The molecule has 138 valence electrons. The lowest BCUT2D eigenvalue weighted by Crippen LogP contribution is -2.44. The fourth-order valence-electron chi connectivity index (χ4n) is 3.60. The second kappa shape index (κ2) is 8.95. The van der Waals surface area contributed by atoms with E-state index in [0.29, 0.717) is 13.0 Å². The van der Waals surface area contributed by atoms with Crippen LogP contribution in [0.3, 0.4) is 0 Å². The predicted molar refractivity (Wildman–Crippen MR) is 103 cm³/mol. The maximum atomic E-state index is 12.5. The van der Waals surface area contributed by atoms with Crippen molar-refractivity contribution in [2.45, 2.75) is 44.2 Å². The molecule has 1 saturated heterocycles. The van der Waals surface area contributed by atoms with Crippen molar-refractivity contribution in [3.8, 4) is 12.3 Å². The van der Waals surface area contributed by atoms with Gasteiger partial charge < -0.3 is 10.2 Å². The Hall–Kier alpha value is -2.19. The summed E-state index contributed by atoms with van der Waals surface area (Å²) in [5.41, 5.74) is 1.04. The normalized spacial score (nSPS) is 21.1. The number of nitrogens with zero attached hydrogens (tertiary/aromatic N) is 3. The zero-order chi connectivity index (χ0) is 18.2. The van der Waals surface area contributed by atoms with Gasteiger partial charge in [-0.3, -0.25) is 4.79 Å². The van der Waals surface area contributed by atoms with Gasteiger partial charge in [0.15, 0.2) is 5.66 Å². The third kappa shape index (κ3) is 5.40. The van der Waals surface area contributed by atoms with Crippen molar-refractivity contribution in [3.63, 3.8) is 0 Å². The number of carbonyl (C=O) groups excluding carboxylic acids is 1. The number of piperidine rings is 1. The van der Waals surface area contributed by atoms with Crippen LogP contribution in [0.15, 0.2) is 40.6 Å². The van der Waals surface area contributed by atoms with E-state index in [2.05, 4.69) is 50.6 Å². The monoisotopic (exact) mass is 352 g/mol. The number of rotatable bonds is 9. The first-order chi connectivity index (χ1) is 12.7. The van der Waals surface area contributed by atoms with Crippen molar-refractivity contribution in [1.29, 1.82) is 0 Å². The van der Waals surface area contributed by atoms with Gasteiger partial charge in [-0.05, 0) is 31.4 Å². The molecular weight excluding hydrogens is 324 g/mol. The first-order valence-corrected chi connectivity index (χ1v) is 9.62. The largest absolute Gasteiger partial charge is 0.356 e. The van der Waals surface area contributed by atoms with Crippen LogP contribution in [0.4, 0.5) is 0 Å². The van der Waals surface area contributed by atoms with E-state index >= 15 is 0 Å². The Kier molecular flexibility index (Phi) is 6.40. The Morgan fingerprint density at radius 2 is 2.12 bits per heavy atom. The molecule has 0 spiro atoms. The molecule has 3 rings (SSSR count). The Morgan fingerprint density at radius 3 is 2.85 bits per heavy atom. The minimum absolute atomic E-state index is 0.0919. The topological polar surface area (TPSA) is 57.1 Å². The lowest BCUT2D eigenvalue weighted by atomic mass is 9.96. The van der Waals surface area contributed by atoms with Crippen LogP contribution in [-0.2, 0) is 11.2 Å². The highest BCUT2D eigenvalue weighted by molar-refractivity contribution is 5.78. The Bertz CT molecular complexity index is 658. The zero-order valence-corrected chi connectivity index (χ0v) is 15.4. The molecule has 0 aromatic heterocycles. The smallest absolute Gasteiger partial charge is 0.224 e. The number of hydrogen-bond donors (Lipinski definition) is 1. The zero-order valence-electron chi connectivity index (χ0n) is 15.4. The molecule has 1 N–H and O–H groups in total. The summed E-state index contributed by atoms with van der Waals surface area (Å²) >= 11 is 0. The standard InChI is InChI=1S/C21H28N4O/c1-2-3-12-21(23-24-21)13-14-22-20(26)19-10-7-15-25(17-19)16-11-18-8-5-4-6-9-18/h1,4-6,8-9,19H,3,7,10-17H2,(H,22,26). The van der Waals surface area contributed by atoms with Crippen molar-refractivity contribution in [1.82, 2.24) is 10.2 Å². The SMILES string of the molecule is C#CCCC1(CCNC(=O)C2CCCN(CCc3ccccc3)C2)N=N1. The van der Waals surface area contributed by atoms with Crippen molar-refractivity contribution in [2.75, 3.05) is 26.2 Å². The fraction of sp³-hybridized carbons (Fsp3) is 0.571. The molecule has 1 unspecified atom stereocenters. The quantitative estimate of drug-likeness (QED) is 0.695. The molecule has 0 bridgehead atoms. The van der Waals surface area contributed by atoms with Gasteiger partial charge in [0, 0.05) is 38.9 Å². The molecule has 0 aliphatic carbocycles. The number of carbonyl (C=O) groups is 1. The molecular formula is C21H28N4O. The van der Waals surface area contributed by atoms with Crippen LogP contribution >= 0.6 is 0 Å². The highest BCUT2D eigenvalue weighted by Crippen LogP contribution is 2.36. The summed E-state index contributed by atoms with van der Waals surface area (Å²) in [7, 11) is 0. The Balaban J connectivity index is 1.37.